The first-order chi connectivity index (χ1) is 10.0. The van der Waals surface area contributed by atoms with Gasteiger partial charge in [-0.05, 0) is 52.9 Å². The Balaban J connectivity index is 2.32. The van der Waals surface area contributed by atoms with Crippen molar-refractivity contribution in [1.29, 1.82) is 0 Å². The van der Waals surface area contributed by atoms with E-state index in [-0.39, 0.29) is 5.91 Å². The lowest BCUT2D eigenvalue weighted by Gasteiger charge is -2.19. The second-order valence-corrected chi connectivity index (χ2v) is 5.55. The predicted molar refractivity (Wildman–Crippen MR) is 89.7 cm³/mol. The average molecular weight is 395 g/mol. The first-order valence-corrected chi connectivity index (χ1v) is 7.33. The Morgan fingerprint density at radius 3 is 2.38 bits per heavy atom. The molecule has 0 saturated carbocycles. The van der Waals surface area contributed by atoms with E-state index in [2.05, 4.69) is 27.3 Å². The fraction of sp³-hybridized carbons (Fsp3) is 0.125. The molecule has 1 amide bonds. The Bertz CT molecular complexity index is 685. The van der Waals surface area contributed by atoms with E-state index in [9.17, 15) is 9.59 Å². The number of amides is 1. The highest BCUT2D eigenvalue weighted by atomic mass is 127. The van der Waals surface area contributed by atoms with Gasteiger partial charge in [-0.25, -0.2) is 4.79 Å². The molecule has 5 heteroatoms. The highest BCUT2D eigenvalue weighted by Crippen LogP contribution is 2.22. The van der Waals surface area contributed by atoms with Gasteiger partial charge in [-0.15, -0.1) is 0 Å². The minimum absolute atomic E-state index is 0.176. The molecule has 2 aromatic carbocycles. The van der Waals surface area contributed by atoms with Crippen LogP contribution in [0.4, 0.5) is 5.69 Å². The van der Waals surface area contributed by atoms with Crippen LogP contribution in [0.1, 0.15) is 20.7 Å². The van der Waals surface area contributed by atoms with Crippen LogP contribution < -0.4 is 4.90 Å². The molecule has 0 saturated heterocycles. The van der Waals surface area contributed by atoms with Crippen molar-refractivity contribution in [2.45, 2.75) is 0 Å². The average Bonchev–Trinajstić information content (AvgIpc) is 2.53. The standard InChI is InChI=1S/C16H14INO3/c1-18(14-9-4-3-8-13(14)17)15(19)11-6-5-7-12(10-11)16(20)21-2/h3-10H,1-2H3. The molecule has 2 aromatic rings. The number of rotatable bonds is 3. The molecule has 0 atom stereocenters. The van der Waals surface area contributed by atoms with E-state index in [0.717, 1.165) is 9.26 Å². The minimum Gasteiger partial charge on any atom is -0.465 e. The van der Waals surface area contributed by atoms with Crippen LogP contribution in [0.3, 0.4) is 0 Å². The largest absolute Gasteiger partial charge is 0.465 e. The minimum atomic E-state index is -0.457. The molecule has 0 aromatic heterocycles. The second kappa shape index (κ2) is 6.71. The molecule has 0 heterocycles. The Hall–Kier alpha value is -1.89. The Morgan fingerprint density at radius 1 is 1.05 bits per heavy atom. The summed E-state index contributed by atoms with van der Waals surface area (Å²) in [5.74, 6) is -0.633. The third-order valence-electron chi connectivity index (χ3n) is 3.05. The van der Waals surface area contributed by atoms with Crippen LogP contribution in [0, 0.1) is 3.57 Å². The van der Waals surface area contributed by atoms with Crippen LogP contribution in [0.2, 0.25) is 0 Å². The Kier molecular flexibility index (Phi) is 4.95. The van der Waals surface area contributed by atoms with Crippen molar-refractivity contribution in [2.75, 3.05) is 19.1 Å². The number of hydrogen-bond donors (Lipinski definition) is 0. The number of anilines is 1. The van der Waals surface area contributed by atoms with Crippen molar-refractivity contribution >= 4 is 40.2 Å². The molecule has 21 heavy (non-hydrogen) atoms. The van der Waals surface area contributed by atoms with Gasteiger partial charge in [0, 0.05) is 16.2 Å². The van der Waals surface area contributed by atoms with Crippen molar-refractivity contribution < 1.29 is 14.3 Å². The summed E-state index contributed by atoms with van der Waals surface area (Å²) in [6, 6.07) is 14.1. The van der Waals surface area contributed by atoms with Crippen LogP contribution in [-0.2, 0) is 4.74 Å². The van der Waals surface area contributed by atoms with Crippen LogP contribution in [-0.4, -0.2) is 26.0 Å². The third-order valence-corrected chi connectivity index (χ3v) is 3.96. The number of benzene rings is 2. The summed E-state index contributed by atoms with van der Waals surface area (Å²) in [6.45, 7) is 0. The van der Waals surface area contributed by atoms with Crippen molar-refractivity contribution in [2.24, 2.45) is 0 Å². The fourth-order valence-corrected chi connectivity index (χ4v) is 2.67. The van der Waals surface area contributed by atoms with E-state index in [4.69, 9.17) is 0 Å². The molecule has 0 fully saturated rings. The van der Waals surface area contributed by atoms with Gasteiger partial charge in [0.1, 0.15) is 0 Å². The lowest BCUT2D eigenvalue weighted by molar-refractivity contribution is 0.0600. The van der Waals surface area contributed by atoms with Gasteiger partial charge in [0.15, 0.2) is 0 Å². The molecule has 108 valence electrons. The number of ether oxygens (including phenoxy) is 1. The van der Waals surface area contributed by atoms with E-state index >= 15 is 0 Å². The summed E-state index contributed by atoms with van der Waals surface area (Å²) in [4.78, 5) is 25.6. The first kappa shape index (κ1) is 15.5. The smallest absolute Gasteiger partial charge is 0.337 e. The molecule has 0 aliphatic heterocycles. The highest BCUT2D eigenvalue weighted by molar-refractivity contribution is 14.1. The fourth-order valence-electron chi connectivity index (χ4n) is 1.92. The number of methoxy groups -OCH3 is 1. The molecule has 2 rings (SSSR count). The van der Waals surface area contributed by atoms with E-state index in [1.54, 1.807) is 36.2 Å². The maximum absolute atomic E-state index is 12.5. The van der Waals surface area contributed by atoms with Gasteiger partial charge in [-0.1, -0.05) is 18.2 Å². The third kappa shape index (κ3) is 3.41. The zero-order chi connectivity index (χ0) is 15.4. The number of hydrogen-bond acceptors (Lipinski definition) is 3. The number of carbonyl (C=O) groups is 2. The summed E-state index contributed by atoms with van der Waals surface area (Å²) in [5.41, 5.74) is 1.63. The van der Waals surface area contributed by atoms with Crippen LogP contribution in [0.25, 0.3) is 0 Å². The summed E-state index contributed by atoms with van der Waals surface area (Å²) in [5, 5.41) is 0. The van der Waals surface area contributed by atoms with Gasteiger partial charge in [-0.2, -0.15) is 0 Å². The molecule has 0 bridgehead atoms. The monoisotopic (exact) mass is 395 g/mol. The van der Waals surface area contributed by atoms with Crippen molar-refractivity contribution in [1.82, 2.24) is 0 Å². The number of carbonyl (C=O) groups excluding carboxylic acids is 2. The normalized spacial score (nSPS) is 10.0. The first-order valence-electron chi connectivity index (χ1n) is 6.25. The molecular formula is C16H14INO3. The number of esters is 1. The van der Waals surface area contributed by atoms with Crippen molar-refractivity contribution in [3.63, 3.8) is 0 Å². The van der Waals surface area contributed by atoms with Gasteiger partial charge in [0.05, 0.1) is 18.4 Å². The summed E-state index contributed by atoms with van der Waals surface area (Å²) in [7, 11) is 3.03. The zero-order valence-electron chi connectivity index (χ0n) is 11.7. The van der Waals surface area contributed by atoms with Crippen LogP contribution in [0.5, 0.6) is 0 Å². The quantitative estimate of drug-likeness (QED) is 0.592. The van der Waals surface area contributed by atoms with Gasteiger partial charge >= 0.3 is 5.97 Å². The van der Waals surface area contributed by atoms with Gasteiger partial charge in [0.2, 0.25) is 0 Å². The van der Waals surface area contributed by atoms with Crippen LogP contribution >= 0.6 is 22.6 Å². The molecule has 0 N–H and O–H groups in total. The predicted octanol–water partition coefficient (Wildman–Crippen LogP) is 3.35. The van der Waals surface area contributed by atoms with E-state index < -0.39 is 5.97 Å². The van der Waals surface area contributed by atoms with Crippen LogP contribution in [0.15, 0.2) is 48.5 Å². The maximum Gasteiger partial charge on any atom is 0.337 e. The maximum atomic E-state index is 12.5. The van der Waals surface area contributed by atoms with Gasteiger partial charge in [0.25, 0.3) is 5.91 Å². The summed E-state index contributed by atoms with van der Waals surface area (Å²) in [6.07, 6.45) is 0. The molecular weight excluding hydrogens is 381 g/mol. The van der Waals surface area contributed by atoms with Gasteiger partial charge < -0.3 is 9.64 Å². The number of halogens is 1. The lowest BCUT2D eigenvalue weighted by atomic mass is 10.1. The SMILES string of the molecule is COC(=O)c1cccc(C(=O)N(C)c2ccccc2I)c1. The lowest BCUT2D eigenvalue weighted by Crippen LogP contribution is -2.27. The topological polar surface area (TPSA) is 46.6 Å². The van der Waals surface area contributed by atoms with Crippen molar-refractivity contribution in [3.8, 4) is 0 Å². The molecule has 4 nitrogen and oxygen atoms in total. The summed E-state index contributed by atoms with van der Waals surface area (Å²) >= 11 is 2.18. The Labute approximate surface area is 136 Å². The zero-order valence-corrected chi connectivity index (χ0v) is 13.8. The molecule has 0 aliphatic carbocycles. The Morgan fingerprint density at radius 2 is 1.71 bits per heavy atom. The van der Waals surface area contributed by atoms with Crippen molar-refractivity contribution in [3.05, 3.63) is 63.2 Å². The second-order valence-electron chi connectivity index (χ2n) is 4.39. The summed E-state index contributed by atoms with van der Waals surface area (Å²) < 4.78 is 5.65. The molecule has 0 aliphatic rings. The van der Waals surface area contributed by atoms with Gasteiger partial charge in [-0.3, -0.25) is 4.79 Å². The molecule has 0 unspecified atom stereocenters. The number of nitrogens with zero attached hydrogens (tertiary/aromatic N) is 1. The highest BCUT2D eigenvalue weighted by Gasteiger charge is 2.17. The molecule has 0 spiro atoms. The number of para-hydroxylation sites is 1. The van der Waals surface area contributed by atoms with E-state index in [1.807, 2.05) is 24.3 Å². The van der Waals surface area contributed by atoms with E-state index in [1.165, 1.54) is 7.11 Å². The van der Waals surface area contributed by atoms with E-state index in [0.29, 0.717) is 11.1 Å². The molecule has 0 radical (unpaired) electrons.